The van der Waals surface area contributed by atoms with E-state index in [2.05, 4.69) is 11.9 Å². The maximum absolute atomic E-state index is 12.2. The lowest BCUT2D eigenvalue weighted by molar-refractivity contribution is -0.192. The van der Waals surface area contributed by atoms with Crippen LogP contribution in [0.25, 0.3) is 0 Å². The summed E-state index contributed by atoms with van der Waals surface area (Å²) in [5.74, 6) is -4.22. The molecule has 0 aliphatic heterocycles. The van der Waals surface area contributed by atoms with E-state index in [0.717, 1.165) is 0 Å². The molecule has 2 atom stereocenters. The molecule has 3 nitrogen and oxygen atoms in total. The minimum atomic E-state index is -4.72. The van der Waals surface area contributed by atoms with Gasteiger partial charge in [0.2, 0.25) is 0 Å². The van der Waals surface area contributed by atoms with Crippen molar-refractivity contribution in [2.45, 2.75) is 25.6 Å². The monoisotopic (exact) mass is 225 g/mol. The highest BCUT2D eigenvalue weighted by atomic mass is 19.4. The second-order valence-corrected chi connectivity index (χ2v) is 3.27. The van der Waals surface area contributed by atoms with E-state index in [1.165, 1.54) is 0 Å². The van der Waals surface area contributed by atoms with Gasteiger partial charge in [-0.1, -0.05) is 6.08 Å². The molecule has 0 rings (SSSR count). The average Bonchev–Trinajstić information content (AvgIpc) is 2.01. The summed E-state index contributed by atoms with van der Waals surface area (Å²) in [6.07, 6.45) is -2.67. The van der Waals surface area contributed by atoms with Crippen molar-refractivity contribution in [1.82, 2.24) is 5.32 Å². The van der Waals surface area contributed by atoms with Crippen LogP contribution in [-0.4, -0.2) is 29.8 Å². The second kappa shape index (κ2) is 5.75. The van der Waals surface area contributed by atoms with E-state index >= 15 is 0 Å². The smallest absolute Gasteiger partial charge is 0.403 e. The Balaban J connectivity index is 4.20. The highest BCUT2D eigenvalue weighted by Gasteiger charge is 2.44. The Labute approximate surface area is 86.0 Å². The van der Waals surface area contributed by atoms with Crippen molar-refractivity contribution in [3.63, 3.8) is 0 Å². The van der Waals surface area contributed by atoms with Crippen molar-refractivity contribution in [1.29, 1.82) is 0 Å². The number of nitrogens with one attached hydrogen (secondary N) is 1. The predicted octanol–water partition coefficient (Wildman–Crippen LogP) is 1.80. The van der Waals surface area contributed by atoms with Gasteiger partial charge in [0.25, 0.3) is 0 Å². The molecule has 0 bridgehead atoms. The number of rotatable bonds is 6. The Morgan fingerprint density at radius 3 is 2.47 bits per heavy atom. The lowest BCUT2D eigenvalue weighted by Crippen LogP contribution is -2.41. The lowest BCUT2D eigenvalue weighted by Gasteiger charge is -2.19. The van der Waals surface area contributed by atoms with Crippen molar-refractivity contribution < 1.29 is 23.1 Å². The standard InChI is InChI=1S/C9H14F3NO2/c1-3-4-6(2)13-5-7(8(14)15)9(10,11)12/h3,6-7,13H,1,4-5H2,2H3,(H,14,15). The summed E-state index contributed by atoms with van der Waals surface area (Å²) in [4.78, 5) is 10.3. The third-order valence-electron chi connectivity index (χ3n) is 1.88. The van der Waals surface area contributed by atoms with Crippen LogP contribution in [0.4, 0.5) is 13.2 Å². The van der Waals surface area contributed by atoms with Gasteiger partial charge in [-0.3, -0.25) is 4.79 Å². The molecule has 0 spiro atoms. The molecular weight excluding hydrogens is 211 g/mol. The normalized spacial score (nSPS) is 15.7. The molecule has 0 saturated carbocycles. The van der Waals surface area contributed by atoms with Crippen molar-refractivity contribution in [2.24, 2.45) is 5.92 Å². The van der Waals surface area contributed by atoms with E-state index in [1.54, 1.807) is 13.0 Å². The number of hydrogen-bond acceptors (Lipinski definition) is 2. The summed E-state index contributed by atoms with van der Waals surface area (Å²) in [5.41, 5.74) is 0. The maximum atomic E-state index is 12.2. The Morgan fingerprint density at radius 2 is 2.13 bits per heavy atom. The molecule has 0 heterocycles. The number of carboxylic acid groups (broad SMARTS) is 1. The molecule has 88 valence electrons. The molecule has 0 aromatic heterocycles. The fraction of sp³-hybridized carbons (Fsp3) is 0.667. The third-order valence-corrected chi connectivity index (χ3v) is 1.88. The van der Waals surface area contributed by atoms with Crippen LogP contribution in [0, 0.1) is 5.92 Å². The van der Waals surface area contributed by atoms with Gasteiger partial charge in [-0.05, 0) is 13.3 Å². The third kappa shape index (κ3) is 5.41. The van der Waals surface area contributed by atoms with E-state index in [0.29, 0.717) is 6.42 Å². The van der Waals surface area contributed by atoms with Crippen LogP contribution in [0.15, 0.2) is 12.7 Å². The topological polar surface area (TPSA) is 49.3 Å². The maximum Gasteiger partial charge on any atom is 0.403 e. The van der Waals surface area contributed by atoms with Crippen LogP contribution in [0.1, 0.15) is 13.3 Å². The van der Waals surface area contributed by atoms with E-state index in [1.807, 2.05) is 0 Å². The summed E-state index contributed by atoms with van der Waals surface area (Å²) < 4.78 is 36.5. The van der Waals surface area contributed by atoms with Gasteiger partial charge in [0, 0.05) is 12.6 Å². The SMILES string of the molecule is C=CCC(C)NCC(C(=O)O)C(F)(F)F. The Kier molecular flexibility index (Phi) is 5.35. The Morgan fingerprint density at radius 1 is 1.60 bits per heavy atom. The van der Waals surface area contributed by atoms with Gasteiger partial charge in [0.05, 0.1) is 0 Å². The van der Waals surface area contributed by atoms with Crippen LogP contribution in [-0.2, 0) is 4.79 Å². The van der Waals surface area contributed by atoms with Gasteiger partial charge >= 0.3 is 12.1 Å². The fourth-order valence-electron chi connectivity index (χ4n) is 0.995. The number of carbonyl (C=O) groups is 1. The van der Waals surface area contributed by atoms with Crippen LogP contribution in [0.2, 0.25) is 0 Å². The zero-order valence-corrected chi connectivity index (χ0v) is 8.34. The van der Waals surface area contributed by atoms with Gasteiger partial charge in [0.1, 0.15) is 0 Å². The molecule has 6 heteroatoms. The number of alkyl halides is 3. The quantitative estimate of drug-likeness (QED) is 0.678. The predicted molar refractivity (Wildman–Crippen MR) is 49.5 cm³/mol. The molecule has 0 aliphatic carbocycles. The first kappa shape index (κ1) is 14.0. The van der Waals surface area contributed by atoms with E-state index in [-0.39, 0.29) is 6.04 Å². The van der Waals surface area contributed by atoms with E-state index < -0.39 is 24.6 Å². The van der Waals surface area contributed by atoms with Crippen molar-refractivity contribution >= 4 is 5.97 Å². The van der Waals surface area contributed by atoms with Crippen molar-refractivity contribution in [3.8, 4) is 0 Å². The summed E-state index contributed by atoms with van der Waals surface area (Å²) in [6, 6.07) is -0.216. The number of hydrogen-bond donors (Lipinski definition) is 2. The molecule has 2 N–H and O–H groups in total. The molecule has 0 saturated heterocycles. The molecule has 0 radical (unpaired) electrons. The van der Waals surface area contributed by atoms with Crippen molar-refractivity contribution in [3.05, 3.63) is 12.7 Å². The zero-order chi connectivity index (χ0) is 12.1. The van der Waals surface area contributed by atoms with Crippen LogP contribution >= 0.6 is 0 Å². The largest absolute Gasteiger partial charge is 0.481 e. The van der Waals surface area contributed by atoms with Crippen molar-refractivity contribution in [2.75, 3.05) is 6.54 Å². The number of aliphatic carboxylic acids is 1. The number of halogens is 3. The second-order valence-electron chi connectivity index (χ2n) is 3.27. The molecule has 15 heavy (non-hydrogen) atoms. The summed E-state index contributed by atoms with van der Waals surface area (Å²) in [5, 5.41) is 10.9. The Bertz CT molecular complexity index is 228. The molecule has 0 aromatic rings. The van der Waals surface area contributed by atoms with Gasteiger partial charge in [-0.25, -0.2) is 0 Å². The van der Waals surface area contributed by atoms with Gasteiger partial charge in [0.15, 0.2) is 5.92 Å². The molecular formula is C9H14F3NO2. The minimum Gasteiger partial charge on any atom is -0.481 e. The fourth-order valence-corrected chi connectivity index (χ4v) is 0.995. The van der Waals surface area contributed by atoms with Crippen LogP contribution in [0.5, 0.6) is 0 Å². The number of carboxylic acids is 1. The summed E-state index contributed by atoms with van der Waals surface area (Å²) in [6.45, 7) is 4.48. The lowest BCUT2D eigenvalue weighted by atomic mass is 10.1. The minimum absolute atomic E-state index is 0.216. The van der Waals surface area contributed by atoms with Gasteiger partial charge < -0.3 is 10.4 Å². The average molecular weight is 225 g/mol. The summed E-state index contributed by atoms with van der Waals surface area (Å²) >= 11 is 0. The first-order valence-corrected chi connectivity index (χ1v) is 4.42. The molecule has 0 aromatic carbocycles. The van der Waals surface area contributed by atoms with Crippen LogP contribution in [0.3, 0.4) is 0 Å². The van der Waals surface area contributed by atoms with Gasteiger partial charge in [-0.15, -0.1) is 6.58 Å². The molecule has 0 amide bonds. The van der Waals surface area contributed by atoms with E-state index in [9.17, 15) is 18.0 Å². The zero-order valence-electron chi connectivity index (χ0n) is 8.34. The summed E-state index contributed by atoms with van der Waals surface area (Å²) in [7, 11) is 0. The molecule has 0 aliphatic rings. The van der Waals surface area contributed by atoms with Gasteiger partial charge in [-0.2, -0.15) is 13.2 Å². The first-order chi connectivity index (χ1) is 6.79. The highest BCUT2D eigenvalue weighted by Crippen LogP contribution is 2.25. The highest BCUT2D eigenvalue weighted by molar-refractivity contribution is 5.71. The molecule has 2 unspecified atom stereocenters. The van der Waals surface area contributed by atoms with Crippen LogP contribution < -0.4 is 5.32 Å². The molecule has 0 fully saturated rings. The Hall–Kier alpha value is -1.04. The van der Waals surface area contributed by atoms with E-state index in [4.69, 9.17) is 5.11 Å². The first-order valence-electron chi connectivity index (χ1n) is 4.42.